The molecule has 2 amide bonds. The number of ether oxygens (including phenoxy) is 1. The van der Waals surface area contributed by atoms with Gasteiger partial charge in [-0.3, -0.25) is 4.98 Å². The average molecular weight is 683 g/mol. The maximum atomic E-state index is 12.2. The molecule has 0 saturated heterocycles. The SMILES string of the molecule is CC(CCCNC(=O)NCC(O)C(O)C(O)C(O)CO)c1ccc(Cl)c(CNC2(c3cnccc3-c3ccccc3OC3CC3)CC2)c1. The lowest BCUT2D eigenvalue weighted by Gasteiger charge is -2.25. The number of hydrogen-bond acceptors (Lipinski definition) is 9. The van der Waals surface area contributed by atoms with Gasteiger partial charge in [0.1, 0.15) is 24.1 Å². The molecule has 0 bridgehead atoms. The average Bonchev–Trinajstić information content (AvgIpc) is 4.05. The van der Waals surface area contributed by atoms with Gasteiger partial charge in [-0.1, -0.05) is 48.9 Å². The van der Waals surface area contributed by atoms with E-state index >= 15 is 0 Å². The molecule has 0 radical (unpaired) electrons. The van der Waals surface area contributed by atoms with Gasteiger partial charge in [-0.15, -0.1) is 0 Å². The minimum atomic E-state index is -1.75. The maximum Gasteiger partial charge on any atom is 0.314 e. The summed E-state index contributed by atoms with van der Waals surface area (Å²) >= 11 is 6.68. The standard InChI is InChI=1S/C36H47ClN4O7/c1-22(5-4-15-39-35(47)40-20-30(43)33(45)34(46)31(44)21-42)23-8-11-29(37)24(17-23)18-41-36(13-14-36)28-19-38-16-12-26(28)27-6-2-3-7-32(27)48-25-9-10-25/h2-3,6-8,11-12,16-17,19,22,25,30-31,33-34,41-46H,4-5,9-10,13-15,18,20-21H2,1H3,(H2,39,40,47). The molecular weight excluding hydrogens is 636 g/mol. The van der Waals surface area contributed by atoms with Crippen LogP contribution in [0.3, 0.4) is 0 Å². The number of pyridine rings is 1. The van der Waals surface area contributed by atoms with Crippen LogP contribution in [0.15, 0.2) is 60.9 Å². The van der Waals surface area contributed by atoms with Crippen molar-refractivity contribution < 1.29 is 35.1 Å². The number of nitrogens with zero attached hydrogens (tertiary/aromatic N) is 1. The number of aliphatic hydroxyl groups excluding tert-OH is 5. The highest BCUT2D eigenvalue weighted by molar-refractivity contribution is 6.31. The van der Waals surface area contributed by atoms with Crippen LogP contribution in [0.4, 0.5) is 4.79 Å². The molecule has 5 atom stereocenters. The molecule has 11 nitrogen and oxygen atoms in total. The smallest absolute Gasteiger partial charge is 0.314 e. The fourth-order valence-corrected chi connectivity index (χ4v) is 6.04. The zero-order valence-electron chi connectivity index (χ0n) is 27.2. The zero-order chi connectivity index (χ0) is 34.3. The summed E-state index contributed by atoms with van der Waals surface area (Å²) in [6, 6.07) is 15.9. The molecule has 0 aliphatic heterocycles. The summed E-state index contributed by atoms with van der Waals surface area (Å²) in [4.78, 5) is 16.6. The van der Waals surface area contributed by atoms with Crippen LogP contribution in [-0.4, -0.2) is 86.8 Å². The van der Waals surface area contributed by atoms with Gasteiger partial charge in [0.05, 0.1) is 18.8 Å². The Morgan fingerprint density at radius 2 is 1.77 bits per heavy atom. The second-order valence-corrected chi connectivity index (χ2v) is 13.4. The third-order valence-electron chi connectivity index (χ3n) is 9.23. The first-order valence-electron chi connectivity index (χ1n) is 16.7. The van der Waals surface area contributed by atoms with Crippen molar-refractivity contribution in [1.82, 2.24) is 20.9 Å². The number of carbonyl (C=O) groups excluding carboxylic acids is 1. The highest BCUT2D eigenvalue weighted by atomic mass is 35.5. The Morgan fingerprint density at radius 1 is 1.02 bits per heavy atom. The van der Waals surface area contributed by atoms with E-state index in [4.69, 9.17) is 21.4 Å². The van der Waals surface area contributed by atoms with E-state index in [9.17, 15) is 25.2 Å². The molecule has 2 aliphatic rings. The Kier molecular flexibility index (Phi) is 12.3. The van der Waals surface area contributed by atoms with Gasteiger partial charge in [-0.25, -0.2) is 4.79 Å². The molecular formula is C36H47ClN4O7. The molecule has 2 fully saturated rings. The van der Waals surface area contributed by atoms with Crippen LogP contribution in [0.2, 0.25) is 5.02 Å². The van der Waals surface area contributed by atoms with E-state index in [1.807, 2.05) is 42.7 Å². The second kappa shape index (κ2) is 16.4. The van der Waals surface area contributed by atoms with E-state index in [1.54, 1.807) is 0 Å². The third-order valence-corrected chi connectivity index (χ3v) is 9.60. The number of hydrogen-bond donors (Lipinski definition) is 8. The molecule has 1 aromatic heterocycles. The van der Waals surface area contributed by atoms with Crippen molar-refractivity contribution in [3.8, 4) is 16.9 Å². The summed E-state index contributed by atoms with van der Waals surface area (Å²) in [6.07, 6.45) is 3.22. The third kappa shape index (κ3) is 9.23. The van der Waals surface area contributed by atoms with Crippen molar-refractivity contribution in [3.63, 3.8) is 0 Å². The van der Waals surface area contributed by atoms with E-state index in [-0.39, 0.29) is 18.0 Å². The monoisotopic (exact) mass is 682 g/mol. The summed E-state index contributed by atoms with van der Waals surface area (Å²) in [5.74, 6) is 1.13. The van der Waals surface area contributed by atoms with Crippen LogP contribution in [0.25, 0.3) is 11.1 Å². The second-order valence-electron chi connectivity index (χ2n) is 13.0. The minimum absolute atomic E-state index is 0.192. The predicted octanol–water partition coefficient (Wildman–Crippen LogP) is 3.34. The molecule has 2 aromatic carbocycles. The summed E-state index contributed by atoms with van der Waals surface area (Å²) < 4.78 is 6.25. The lowest BCUT2D eigenvalue weighted by atomic mass is 9.93. The van der Waals surface area contributed by atoms with Crippen molar-refractivity contribution in [2.24, 2.45) is 0 Å². The van der Waals surface area contributed by atoms with E-state index in [0.717, 1.165) is 65.7 Å². The van der Waals surface area contributed by atoms with Gasteiger partial charge in [-0.05, 0) is 84.9 Å². The number of urea groups is 1. The van der Waals surface area contributed by atoms with Crippen LogP contribution in [0.5, 0.6) is 5.75 Å². The molecule has 2 saturated carbocycles. The largest absolute Gasteiger partial charge is 0.490 e. The molecule has 12 heteroatoms. The van der Waals surface area contributed by atoms with Gasteiger partial charge in [0.15, 0.2) is 0 Å². The van der Waals surface area contributed by atoms with Crippen molar-refractivity contribution in [2.75, 3.05) is 19.7 Å². The number of rotatable bonds is 18. The highest BCUT2D eigenvalue weighted by Crippen LogP contribution is 2.50. The van der Waals surface area contributed by atoms with Gasteiger partial charge in [-0.2, -0.15) is 0 Å². The van der Waals surface area contributed by atoms with Crippen LogP contribution < -0.4 is 20.7 Å². The Labute approximate surface area is 286 Å². The van der Waals surface area contributed by atoms with Gasteiger partial charge in [0.2, 0.25) is 0 Å². The summed E-state index contributed by atoms with van der Waals surface area (Å²) in [5, 5.41) is 57.5. The number of carbonyl (C=O) groups is 1. The lowest BCUT2D eigenvalue weighted by molar-refractivity contribution is -0.113. The minimum Gasteiger partial charge on any atom is -0.490 e. The number of amides is 2. The first-order chi connectivity index (χ1) is 23.1. The molecule has 1 heterocycles. The van der Waals surface area contributed by atoms with E-state index in [1.165, 1.54) is 0 Å². The fourth-order valence-electron chi connectivity index (χ4n) is 5.86. The number of aliphatic hydroxyl groups is 5. The van der Waals surface area contributed by atoms with Crippen LogP contribution in [0, 0.1) is 0 Å². The van der Waals surface area contributed by atoms with E-state index < -0.39 is 37.1 Å². The number of benzene rings is 2. The molecule has 5 rings (SSSR count). The molecule has 3 aromatic rings. The molecule has 0 spiro atoms. The topological polar surface area (TPSA) is 176 Å². The van der Waals surface area contributed by atoms with Crippen LogP contribution in [-0.2, 0) is 12.1 Å². The van der Waals surface area contributed by atoms with Gasteiger partial charge in [0.25, 0.3) is 0 Å². The maximum absolute atomic E-state index is 12.2. The summed E-state index contributed by atoms with van der Waals surface area (Å²) in [6.45, 7) is 2.02. The van der Waals surface area contributed by atoms with Crippen molar-refractivity contribution in [2.45, 2.75) is 94.0 Å². The summed E-state index contributed by atoms with van der Waals surface area (Å²) in [5.41, 5.74) is 5.36. The Hall–Kier alpha value is -3.29. The highest BCUT2D eigenvalue weighted by Gasteiger charge is 2.46. The Morgan fingerprint density at radius 3 is 2.50 bits per heavy atom. The predicted molar refractivity (Wildman–Crippen MR) is 183 cm³/mol. The molecule has 5 unspecified atom stereocenters. The van der Waals surface area contributed by atoms with Crippen molar-refractivity contribution >= 4 is 17.6 Å². The number of para-hydroxylation sites is 1. The first kappa shape index (κ1) is 36.0. The number of nitrogens with one attached hydrogen (secondary N) is 3. The fraction of sp³-hybridized carbons (Fsp3) is 0.500. The van der Waals surface area contributed by atoms with Gasteiger partial charge >= 0.3 is 6.03 Å². The van der Waals surface area contributed by atoms with Gasteiger partial charge in [0, 0.05) is 48.2 Å². The Balaban J connectivity index is 1.12. The summed E-state index contributed by atoms with van der Waals surface area (Å²) in [7, 11) is 0. The van der Waals surface area contributed by atoms with Crippen molar-refractivity contribution in [3.05, 3.63) is 82.6 Å². The Bertz CT molecular complexity index is 1520. The van der Waals surface area contributed by atoms with E-state index in [0.29, 0.717) is 30.6 Å². The normalized spacial score (nSPS) is 18.3. The zero-order valence-corrected chi connectivity index (χ0v) is 27.9. The number of aromatic nitrogens is 1. The molecule has 48 heavy (non-hydrogen) atoms. The first-order valence-corrected chi connectivity index (χ1v) is 17.1. The van der Waals surface area contributed by atoms with Crippen LogP contribution >= 0.6 is 11.6 Å². The van der Waals surface area contributed by atoms with Crippen molar-refractivity contribution in [1.29, 1.82) is 0 Å². The van der Waals surface area contributed by atoms with Gasteiger partial charge < -0.3 is 46.2 Å². The quantitative estimate of drug-likeness (QED) is 0.0936. The van der Waals surface area contributed by atoms with E-state index in [2.05, 4.69) is 46.1 Å². The molecule has 8 N–H and O–H groups in total. The number of halogens is 1. The lowest BCUT2D eigenvalue weighted by Crippen LogP contribution is -2.50. The van der Waals surface area contributed by atoms with Crippen LogP contribution in [0.1, 0.15) is 68.1 Å². The molecule has 260 valence electrons. The molecule has 2 aliphatic carbocycles.